The molecule has 2 atom stereocenters. The van der Waals surface area contributed by atoms with E-state index in [2.05, 4.69) is 4.74 Å². The van der Waals surface area contributed by atoms with Crippen LogP contribution in [0.2, 0.25) is 0 Å². The SMILES string of the molecule is CC1C(C(=O)O)CCN1C(=O)Cc1ccc(OC(F)(F)F)cc1. The first-order valence-corrected chi connectivity index (χ1v) is 7.04. The number of rotatable bonds is 4. The Bertz CT molecular complexity index is 585. The average Bonchev–Trinajstić information content (AvgIpc) is 2.81. The second kappa shape index (κ2) is 6.47. The molecule has 1 aromatic rings. The van der Waals surface area contributed by atoms with Gasteiger partial charge in [-0.05, 0) is 31.0 Å². The summed E-state index contributed by atoms with van der Waals surface area (Å²) < 4.78 is 40.0. The fourth-order valence-electron chi connectivity index (χ4n) is 2.71. The summed E-state index contributed by atoms with van der Waals surface area (Å²) in [6.07, 6.45) is -4.35. The molecule has 5 nitrogen and oxygen atoms in total. The zero-order chi connectivity index (χ0) is 17.2. The second-order valence-corrected chi connectivity index (χ2v) is 5.43. The van der Waals surface area contributed by atoms with Gasteiger partial charge < -0.3 is 14.7 Å². The van der Waals surface area contributed by atoms with Crippen LogP contribution in [0.3, 0.4) is 0 Å². The highest BCUT2D eigenvalue weighted by atomic mass is 19.4. The van der Waals surface area contributed by atoms with Gasteiger partial charge in [0, 0.05) is 12.6 Å². The van der Waals surface area contributed by atoms with Gasteiger partial charge in [0.05, 0.1) is 12.3 Å². The normalized spacial score (nSPS) is 21.3. The van der Waals surface area contributed by atoms with Crippen LogP contribution in [0.15, 0.2) is 24.3 Å². The van der Waals surface area contributed by atoms with E-state index in [9.17, 15) is 22.8 Å². The number of ether oxygens (including phenoxy) is 1. The van der Waals surface area contributed by atoms with Crippen molar-refractivity contribution in [2.45, 2.75) is 32.2 Å². The van der Waals surface area contributed by atoms with Gasteiger partial charge in [0.1, 0.15) is 5.75 Å². The van der Waals surface area contributed by atoms with Gasteiger partial charge in [-0.1, -0.05) is 12.1 Å². The summed E-state index contributed by atoms with van der Waals surface area (Å²) >= 11 is 0. The molecule has 8 heteroatoms. The molecule has 23 heavy (non-hydrogen) atoms. The molecule has 0 aromatic heterocycles. The van der Waals surface area contributed by atoms with E-state index in [0.29, 0.717) is 18.5 Å². The number of halogens is 3. The third kappa shape index (κ3) is 4.37. The number of carboxylic acid groups (broad SMARTS) is 1. The number of nitrogens with zero attached hydrogens (tertiary/aromatic N) is 1. The highest BCUT2D eigenvalue weighted by Gasteiger charge is 2.37. The van der Waals surface area contributed by atoms with Crippen LogP contribution in [0.25, 0.3) is 0 Å². The van der Waals surface area contributed by atoms with Crippen molar-refractivity contribution < 1.29 is 32.6 Å². The van der Waals surface area contributed by atoms with Gasteiger partial charge in [-0.3, -0.25) is 9.59 Å². The van der Waals surface area contributed by atoms with Crippen LogP contribution in [0.4, 0.5) is 13.2 Å². The average molecular weight is 331 g/mol. The maximum Gasteiger partial charge on any atom is 0.573 e. The van der Waals surface area contributed by atoms with Gasteiger partial charge in [0.25, 0.3) is 0 Å². The predicted molar refractivity (Wildman–Crippen MR) is 73.7 cm³/mol. The molecule has 1 aromatic carbocycles. The molecule has 1 fully saturated rings. The maximum atomic E-state index is 12.2. The Morgan fingerprint density at radius 2 is 1.91 bits per heavy atom. The van der Waals surface area contributed by atoms with E-state index >= 15 is 0 Å². The van der Waals surface area contributed by atoms with Crippen LogP contribution < -0.4 is 4.74 Å². The van der Waals surface area contributed by atoms with Crippen LogP contribution in [0.5, 0.6) is 5.75 Å². The summed E-state index contributed by atoms with van der Waals surface area (Å²) in [5.74, 6) is -2.11. The number of alkyl halides is 3. The molecule has 0 spiro atoms. The molecule has 126 valence electrons. The molecular formula is C15H16F3NO4. The maximum absolute atomic E-state index is 12.2. The highest BCUT2D eigenvalue weighted by Crippen LogP contribution is 2.26. The van der Waals surface area contributed by atoms with Crippen LogP contribution in [-0.4, -0.2) is 40.8 Å². The molecule has 1 N–H and O–H groups in total. The molecule has 0 radical (unpaired) electrons. The molecule has 2 rings (SSSR count). The molecule has 1 aliphatic rings. The zero-order valence-corrected chi connectivity index (χ0v) is 12.3. The van der Waals surface area contributed by atoms with E-state index in [1.165, 1.54) is 17.0 Å². The van der Waals surface area contributed by atoms with E-state index in [-0.39, 0.29) is 18.1 Å². The number of carbonyl (C=O) groups is 2. The minimum absolute atomic E-state index is 0.00295. The molecule has 1 aliphatic heterocycles. The van der Waals surface area contributed by atoms with Gasteiger partial charge in [0.15, 0.2) is 0 Å². The lowest BCUT2D eigenvalue weighted by Gasteiger charge is -2.23. The third-order valence-corrected chi connectivity index (χ3v) is 3.90. The largest absolute Gasteiger partial charge is 0.573 e. The van der Waals surface area contributed by atoms with E-state index in [0.717, 1.165) is 12.1 Å². The minimum atomic E-state index is -4.76. The molecule has 2 unspecified atom stereocenters. The first-order valence-electron chi connectivity index (χ1n) is 7.04. The van der Waals surface area contributed by atoms with Crippen molar-refractivity contribution in [3.8, 4) is 5.75 Å². The number of hydrogen-bond acceptors (Lipinski definition) is 3. The molecule has 1 heterocycles. The third-order valence-electron chi connectivity index (χ3n) is 3.90. The first-order chi connectivity index (χ1) is 10.7. The molecule has 1 amide bonds. The van der Waals surface area contributed by atoms with Crippen LogP contribution in [0.1, 0.15) is 18.9 Å². The fraction of sp³-hybridized carbons (Fsp3) is 0.467. The fourth-order valence-corrected chi connectivity index (χ4v) is 2.71. The summed E-state index contributed by atoms with van der Waals surface area (Å²) in [7, 11) is 0. The van der Waals surface area contributed by atoms with Gasteiger partial charge in [-0.15, -0.1) is 13.2 Å². The molecular weight excluding hydrogens is 315 g/mol. The lowest BCUT2D eigenvalue weighted by atomic mass is 10.0. The van der Waals surface area contributed by atoms with E-state index < -0.39 is 24.3 Å². The summed E-state index contributed by atoms with van der Waals surface area (Å²) in [5.41, 5.74) is 0.537. The quantitative estimate of drug-likeness (QED) is 0.920. The van der Waals surface area contributed by atoms with Crippen LogP contribution in [0, 0.1) is 5.92 Å². The summed E-state index contributed by atoms with van der Waals surface area (Å²) in [6.45, 7) is 2.05. The highest BCUT2D eigenvalue weighted by molar-refractivity contribution is 5.81. The van der Waals surface area contributed by atoms with Crippen molar-refractivity contribution in [1.82, 2.24) is 4.90 Å². The van der Waals surface area contributed by atoms with Crippen molar-refractivity contribution in [1.29, 1.82) is 0 Å². The zero-order valence-electron chi connectivity index (χ0n) is 12.3. The molecule has 0 bridgehead atoms. The van der Waals surface area contributed by atoms with Crippen molar-refractivity contribution in [3.63, 3.8) is 0 Å². The number of hydrogen-bond donors (Lipinski definition) is 1. The standard InChI is InChI=1S/C15H16F3NO4/c1-9-12(14(21)22)6-7-19(9)13(20)8-10-2-4-11(5-3-10)23-15(16,17)18/h2-5,9,12H,6-8H2,1H3,(H,21,22). The Kier molecular flexibility index (Phi) is 4.82. The number of carbonyl (C=O) groups excluding carboxylic acids is 1. The van der Waals surface area contributed by atoms with Gasteiger partial charge in [-0.2, -0.15) is 0 Å². The van der Waals surface area contributed by atoms with Crippen molar-refractivity contribution in [3.05, 3.63) is 29.8 Å². The number of aliphatic carboxylic acids is 1. The Labute approximate surface area is 130 Å². The topological polar surface area (TPSA) is 66.8 Å². The van der Waals surface area contributed by atoms with E-state index in [1.807, 2.05) is 0 Å². The molecule has 0 saturated carbocycles. The lowest BCUT2D eigenvalue weighted by molar-refractivity contribution is -0.274. The van der Waals surface area contributed by atoms with Crippen LogP contribution in [-0.2, 0) is 16.0 Å². The summed E-state index contributed by atoms with van der Waals surface area (Å²) in [4.78, 5) is 24.8. The number of amides is 1. The molecule has 1 saturated heterocycles. The molecule has 0 aliphatic carbocycles. The summed E-state index contributed by atoms with van der Waals surface area (Å²) in [6, 6.07) is 4.66. The second-order valence-electron chi connectivity index (χ2n) is 5.43. The Hall–Kier alpha value is -2.25. The first kappa shape index (κ1) is 17.1. The van der Waals surface area contributed by atoms with E-state index in [1.54, 1.807) is 6.92 Å². The minimum Gasteiger partial charge on any atom is -0.481 e. The number of likely N-dealkylation sites (tertiary alicyclic amines) is 1. The number of carboxylic acids is 1. The van der Waals surface area contributed by atoms with Crippen molar-refractivity contribution in [2.75, 3.05) is 6.54 Å². The summed E-state index contributed by atoms with van der Waals surface area (Å²) in [5, 5.41) is 9.05. The van der Waals surface area contributed by atoms with Crippen molar-refractivity contribution in [2.24, 2.45) is 5.92 Å². The van der Waals surface area contributed by atoms with Crippen molar-refractivity contribution >= 4 is 11.9 Å². The van der Waals surface area contributed by atoms with Gasteiger partial charge in [-0.25, -0.2) is 0 Å². The van der Waals surface area contributed by atoms with Crippen LogP contribution >= 0.6 is 0 Å². The Balaban J connectivity index is 1.97. The smallest absolute Gasteiger partial charge is 0.481 e. The van der Waals surface area contributed by atoms with Gasteiger partial charge >= 0.3 is 12.3 Å². The predicted octanol–water partition coefficient (Wildman–Crippen LogP) is 2.45. The Morgan fingerprint density at radius 3 is 2.39 bits per heavy atom. The van der Waals surface area contributed by atoms with E-state index in [4.69, 9.17) is 5.11 Å². The number of benzene rings is 1. The Morgan fingerprint density at radius 1 is 1.30 bits per heavy atom. The monoisotopic (exact) mass is 331 g/mol. The van der Waals surface area contributed by atoms with Gasteiger partial charge in [0.2, 0.25) is 5.91 Å². The lowest BCUT2D eigenvalue weighted by Crippen LogP contribution is -2.38.